The van der Waals surface area contributed by atoms with E-state index in [-0.39, 0.29) is 10.7 Å². The molecule has 1 heterocycles. The molecular weight excluding hydrogens is 292 g/mol. The largest absolute Gasteiger partial charge is 0.338 e. The van der Waals surface area contributed by atoms with E-state index < -0.39 is 0 Å². The minimum Gasteiger partial charge on any atom is -0.338 e. The van der Waals surface area contributed by atoms with Crippen LogP contribution in [0, 0.1) is 18.3 Å². The van der Waals surface area contributed by atoms with Crippen LogP contribution in [-0.2, 0) is 0 Å². The van der Waals surface area contributed by atoms with E-state index in [1.54, 1.807) is 23.9 Å². The Bertz CT molecular complexity index is 559. The third kappa shape index (κ3) is 2.79. The number of carbonyl (C=O) groups excluding carboxylic acids is 1. The SMILES string of the molecule is CSC1(C#N)CCN(C(=O)c2cccc(Cl)c2C)CC1. The zero-order valence-corrected chi connectivity index (χ0v) is 13.2. The maximum Gasteiger partial charge on any atom is 0.254 e. The molecule has 0 saturated carbocycles. The van der Waals surface area contributed by atoms with Crippen LogP contribution in [0.4, 0.5) is 0 Å². The molecule has 0 spiro atoms. The predicted molar refractivity (Wildman–Crippen MR) is 83.2 cm³/mol. The van der Waals surface area contributed by atoms with Crippen LogP contribution in [-0.4, -0.2) is 34.9 Å². The number of benzene rings is 1. The quantitative estimate of drug-likeness (QED) is 0.840. The van der Waals surface area contributed by atoms with Gasteiger partial charge in [-0.1, -0.05) is 17.7 Å². The lowest BCUT2D eigenvalue weighted by Gasteiger charge is -2.36. The first-order valence-electron chi connectivity index (χ1n) is 6.54. The van der Waals surface area contributed by atoms with Crippen LogP contribution in [0.25, 0.3) is 0 Å². The molecule has 3 nitrogen and oxygen atoms in total. The monoisotopic (exact) mass is 308 g/mol. The number of halogens is 1. The summed E-state index contributed by atoms with van der Waals surface area (Å²) in [7, 11) is 0. The summed E-state index contributed by atoms with van der Waals surface area (Å²) in [6.45, 7) is 3.11. The lowest BCUT2D eigenvalue weighted by atomic mass is 9.96. The van der Waals surface area contributed by atoms with Crippen molar-refractivity contribution in [2.45, 2.75) is 24.5 Å². The van der Waals surface area contributed by atoms with Gasteiger partial charge in [0.1, 0.15) is 4.75 Å². The van der Waals surface area contributed by atoms with Crippen LogP contribution in [0.2, 0.25) is 5.02 Å². The molecule has 1 saturated heterocycles. The molecule has 1 aliphatic heterocycles. The summed E-state index contributed by atoms with van der Waals surface area (Å²) in [6.07, 6.45) is 3.40. The maximum absolute atomic E-state index is 12.5. The van der Waals surface area contributed by atoms with Crippen molar-refractivity contribution in [3.8, 4) is 6.07 Å². The molecule has 2 rings (SSSR count). The number of piperidine rings is 1. The van der Waals surface area contributed by atoms with Crippen LogP contribution in [0.1, 0.15) is 28.8 Å². The van der Waals surface area contributed by atoms with Crippen LogP contribution in [0.15, 0.2) is 18.2 Å². The summed E-state index contributed by atoms with van der Waals surface area (Å²) in [5, 5.41) is 9.89. The van der Waals surface area contributed by atoms with Crippen molar-refractivity contribution in [2.75, 3.05) is 19.3 Å². The fourth-order valence-electron chi connectivity index (χ4n) is 2.44. The molecule has 1 aromatic rings. The zero-order chi connectivity index (χ0) is 14.8. The fourth-order valence-corrected chi connectivity index (χ4v) is 3.30. The summed E-state index contributed by atoms with van der Waals surface area (Å²) in [4.78, 5) is 14.4. The number of carbonyl (C=O) groups is 1. The molecule has 0 unspecified atom stereocenters. The van der Waals surface area contributed by atoms with Crippen molar-refractivity contribution in [3.05, 3.63) is 34.3 Å². The van der Waals surface area contributed by atoms with Crippen LogP contribution in [0.3, 0.4) is 0 Å². The highest BCUT2D eigenvalue weighted by Gasteiger charge is 2.35. The molecule has 1 fully saturated rings. The third-order valence-corrected chi connectivity index (χ3v) is 5.64. The fraction of sp³-hybridized carbons (Fsp3) is 0.467. The van der Waals surface area contributed by atoms with Crippen molar-refractivity contribution < 1.29 is 4.79 Å². The average molecular weight is 309 g/mol. The number of nitriles is 1. The van der Waals surface area contributed by atoms with Gasteiger partial charge in [0.25, 0.3) is 5.91 Å². The highest BCUT2D eigenvalue weighted by molar-refractivity contribution is 8.00. The summed E-state index contributed by atoms with van der Waals surface area (Å²) in [5.74, 6) is 0.0117. The third-order valence-electron chi connectivity index (χ3n) is 3.95. The first-order valence-corrected chi connectivity index (χ1v) is 8.14. The minimum absolute atomic E-state index is 0.0117. The highest BCUT2D eigenvalue weighted by atomic mass is 35.5. The standard InChI is InChI=1S/C15H17ClN2OS/c1-11-12(4-3-5-13(11)16)14(19)18-8-6-15(10-17,20-2)7-9-18/h3-5H,6-9H2,1-2H3. The van der Waals surface area contributed by atoms with Crippen molar-refractivity contribution >= 4 is 29.3 Å². The molecule has 0 N–H and O–H groups in total. The number of rotatable bonds is 2. The summed E-state index contributed by atoms with van der Waals surface area (Å²) >= 11 is 7.66. The van der Waals surface area contributed by atoms with Crippen molar-refractivity contribution in [1.29, 1.82) is 5.26 Å². The van der Waals surface area contributed by atoms with Gasteiger partial charge in [0.15, 0.2) is 0 Å². The lowest BCUT2D eigenvalue weighted by molar-refractivity contribution is 0.0716. The number of hydrogen-bond donors (Lipinski definition) is 0. The second kappa shape index (κ2) is 6.07. The maximum atomic E-state index is 12.5. The number of amides is 1. The number of thioether (sulfide) groups is 1. The first-order chi connectivity index (χ1) is 9.53. The van der Waals surface area contributed by atoms with Gasteiger partial charge in [-0.05, 0) is 43.7 Å². The zero-order valence-electron chi connectivity index (χ0n) is 11.6. The molecule has 1 amide bonds. The van der Waals surface area contributed by atoms with E-state index in [9.17, 15) is 10.1 Å². The molecule has 1 aromatic carbocycles. The normalized spacial score (nSPS) is 17.6. The van der Waals surface area contributed by atoms with E-state index in [1.165, 1.54) is 0 Å². The van der Waals surface area contributed by atoms with Gasteiger partial charge in [-0.25, -0.2) is 0 Å². The van der Waals surface area contributed by atoms with E-state index in [0.717, 1.165) is 18.4 Å². The molecule has 0 radical (unpaired) electrons. The molecule has 20 heavy (non-hydrogen) atoms. The van der Waals surface area contributed by atoms with Gasteiger partial charge in [-0.3, -0.25) is 4.79 Å². The number of likely N-dealkylation sites (tertiary alicyclic amines) is 1. The van der Waals surface area contributed by atoms with Crippen LogP contribution in [0.5, 0.6) is 0 Å². The molecule has 0 atom stereocenters. The van der Waals surface area contributed by atoms with Crippen molar-refractivity contribution in [3.63, 3.8) is 0 Å². The molecule has 5 heteroatoms. The van der Waals surface area contributed by atoms with E-state index in [0.29, 0.717) is 23.7 Å². The van der Waals surface area contributed by atoms with Gasteiger partial charge in [0.2, 0.25) is 0 Å². The topological polar surface area (TPSA) is 44.1 Å². The van der Waals surface area contributed by atoms with Gasteiger partial charge in [0.05, 0.1) is 6.07 Å². The van der Waals surface area contributed by atoms with Crippen molar-refractivity contribution in [1.82, 2.24) is 4.90 Å². The Hall–Kier alpha value is -1.18. The number of nitrogens with zero attached hydrogens (tertiary/aromatic N) is 2. The lowest BCUT2D eigenvalue weighted by Crippen LogP contribution is -2.44. The Balaban J connectivity index is 2.13. The summed E-state index contributed by atoms with van der Waals surface area (Å²) in [6, 6.07) is 7.79. The van der Waals surface area contributed by atoms with Crippen molar-refractivity contribution in [2.24, 2.45) is 0 Å². The van der Waals surface area contributed by atoms with Gasteiger partial charge >= 0.3 is 0 Å². The average Bonchev–Trinajstić information content (AvgIpc) is 2.49. The Morgan fingerprint density at radius 3 is 2.65 bits per heavy atom. The van der Waals surface area contributed by atoms with E-state index >= 15 is 0 Å². The molecule has 0 bridgehead atoms. The Morgan fingerprint density at radius 2 is 2.10 bits per heavy atom. The molecule has 0 aromatic heterocycles. The molecule has 0 aliphatic carbocycles. The second-order valence-corrected chi connectivity index (χ2v) is 6.61. The molecular formula is C15H17ClN2OS. The Morgan fingerprint density at radius 1 is 1.45 bits per heavy atom. The van der Waals surface area contributed by atoms with E-state index in [4.69, 9.17) is 11.6 Å². The Kier molecular flexibility index (Phi) is 4.62. The summed E-state index contributed by atoms with van der Waals surface area (Å²) < 4.78 is -0.333. The summed E-state index contributed by atoms with van der Waals surface area (Å²) in [5.41, 5.74) is 1.48. The smallest absolute Gasteiger partial charge is 0.254 e. The van der Waals surface area contributed by atoms with Gasteiger partial charge in [-0.2, -0.15) is 5.26 Å². The highest BCUT2D eigenvalue weighted by Crippen LogP contribution is 2.34. The van der Waals surface area contributed by atoms with E-state index in [1.807, 2.05) is 24.1 Å². The minimum atomic E-state index is -0.333. The van der Waals surface area contributed by atoms with Crippen LogP contribution < -0.4 is 0 Å². The Labute approximate surface area is 128 Å². The van der Waals surface area contributed by atoms with E-state index in [2.05, 4.69) is 6.07 Å². The predicted octanol–water partition coefficient (Wildman–Crippen LogP) is 3.51. The second-order valence-electron chi connectivity index (χ2n) is 5.01. The number of hydrogen-bond acceptors (Lipinski definition) is 3. The van der Waals surface area contributed by atoms with Gasteiger partial charge < -0.3 is 4.90 Å². The molecule has 1 aliphatic rings. The first kappa shape index (κ1) is 15.2. The van der Waals surface area contributed by atoms with Gasteiger partial charge in [0, 0.05) is 23.7 Å². The van der Waals surface area contributed by atoms with Gasteiger partial charge in [-0.15, -0.1) is 11.8 Å². The van der Waals surface area contributed by atoms with Crippen LogP contribution >= 0.6 is 23.4 Å². The molecule has 106 valence electrons.